The number of furan rings is 1. The molecule has 0 fully saturated rings. The molecule has 0 N–H and O–H groups in total. The lowest BCUT2D eigenvalue weighted by Gasteiger charge is -2.08. The van der Waals surface area contributed by atoms with Gasteiger partial charge in [0.25, 0.3) is 0 Å². The lowest BCUT2D eigenvalue weighted by Crippen LogP contribution is -2.13. The highest BCUT2D eigenvalue weighted by Crippen LogP contribution is 2.18. The third-order valence-corrected chi connectivity index (χ3v) is 4.63. The zero-order chi connectivity index (χ0) is 22.4. The molecule has 3 aromatic rings. The minimum absolute atomic E-state index is 0.0185. The van der Waals surface area contributed by atoms with Crippen LogP contribution in [0.25, 0.3) is 6.08 Å². The Labute approximate surface area is 177 Å². The van der Waals surface area contributed by atoms with Crippen LogP contribution in [0.15, 0.2) is 59.2 Å². The highest BCUT2D eigenvalue weighted by Gasteiger charge is 2.17. The number of alkyl halides is 2. The minimum atomic E-state index is -2.90. The Morgan fingerprint density at radius 3 is 2.55 bits per heavy atom. The molecule has 6 nitrogen and oxygen atoms in total. The summed E-state index contributed by atoms with van der Waals surface area (Å²) in [4.78, 5) is 24.5. The van der Waals surface area contributed by atoms with Gasteiger partial charge in [0.15, 0.2) is 6.61 Å². The van der Waals surface area contributed by atoms with Crippen molar-refractivity contribution >= 4 is 17.8 Å². The number of ether oxygens (including phenoxy) is 2. The molecule has 0 saturated carbocycles. The summed E-state index contributed by atoms with van der Waals surface area (Å²) in [5.74, 6) is -0.212. The maximum absolute atomic E-state index is 12.5. The lowest BCUT2D eigenvalue weighted by molar-refractivity contribution is -0.136. The number of rotatable bonds is 9. The van der Waals surface area contributed by atoms with E-state index in [9.17, 15) is 18.4 Å². The Balaban J connectivity index is 1.55. The second kappa shape index (κ2) is 9.88. The zero-order valence-electron chi connectivity index (χ0n) is 17.0. The van der Waals surface area contributed by atoms with Crippen molar-refractivity contribution in [3.8, 4) is 5.75 Å². The first-order valence-corrected chi connectivity index (χ1v) is 9.45. The number of esters is 1. The van der Waals surface area contributed by atoms with Gasteiger partial charge in [-0.2, -0.15) is 8.78 Å². The molecule has 8 heteroatoms. The number of carbonyl (C=O) groups excluding carboxylic acids is 2. The normalized spacial score (nSPS) is 11.3. The molecule has 0 bridgehead atoms. The van der Waals surface area contributed by atoms with Crippen molar-refractivity contribution in [2.75, 3.05) is 6.61 Å². The van der Waals surface area contributed by atoms with Crippen LogP contribution < -0.4 is 4.74 Å². The predicted molar refractivity (Wildman–Crippen MR) is 109 cm³/mol. The summed E-state index contributed by atoms with van der Waals surface area (Å²) in [6, 6.07) is 11.2. The fraction of sp³-hybridized carbons (Fsp3) is 0.217. The van der Waals surface area contributed by atoms with Crippen LogP contribution in [0.2, 0.25) is 0 Å². The molecule has 0 unspecified atom stereocenters. The van der Waals surface area contributed by atoms with Gasteiger partial charge in [-0.1, -0.05) is 12.1 Å². The molecule has 0 spiro atoms. The number of halogens is 2. The van der Waals surface area contributed by atoms with Crippen LogP contribution in [0.1, 0.15) is 33.1 Å². The van der Waals surface area contributed by atoms with Crippen molar-refractivity contribution in [1.29, 1.82) is 0 Å². The molecule has 0 saturated heterocycles. The molecule has 3 rings (SSSR count). The third-order valence-electron chi connectivity index (χ3n) is 4.63. The van der Waals surface area contributed by atoms with Crippen molar-refractivity contribution in [3.05, 3.63) is 83.1 Å². The minimum Gasteiger partial charge on any atom is -0.467 e. The van der Waals surface area contributed by atoms with Gasteiger partial charge in [0.1, 0.15) is 11.5 Å². The van der Waals surface area contributed by atoms with E-state index in [4.69, 9.17) is 9.15 Å². The zero-order valence-corrected chi connectivity index (χ0v) is 17.0. The maximum atomic E-state index is 12.5. The van der Waals surface area contributed by atoms with E-state index < -0.39 is 19.2 Å². The summed E-state index contributed by atoms with van der Waals surface area (Å²) >= 11 is 0. The first-order valence-electron chi connectivity index (χ1n) is 9.45. The van der Waals surface area contributed by atoms with Gasteiger partial charge in [0, 0.05) is 23.0 Å². The first-order chi connectivity index (χ1) is 14.8. The Hall–Kier alpha value is -3.68. The maximum Gasteiger partial charge on any atom is 0.387 e. The summed E-state index contributed by atoms with van der Waals surface area (Å²) in [7, 11) is 0. The third kappa shape index (κ3) is 5.91. The number of ketones is 1. The molecule has 0 amide bonds. The van der Waals surface area contributed by atoms with Crippen molar-refractivity contribution in [1.82, 2.24) is 4.57 Å². The summed E-state index contributed by atoms with van der Waals surface area (Å²) in [6.45, 7) is 0.922. The largest absolute Gasteiger partial charge is 0.467 e. The first kappa shape index (κ1) is 22.0. The van der Waals surface area contributed by atoms with Crippen LogP contribution in [0, 0.1) is 13.8 Å². The van der Waals surface area contributed by atoms with E-state index in [2.05, 4.69) is 4.74 Å². The lowest BCUT2D eigenvalue weighted by atomic mass is 10.1. The molecule has 0 atom stereocenters. The highest BCUT2D eigenvalue weighted by molar-refractivity contribution is 6.00. The number of Topliss-reactive ketones (excluding diaryl/α,β-unsaturated/α-hetero) is 1. The smallest absolute Gasteiger partial charge is 0.387 e. The Kier molecular flexibility index (Phi) is 7.02. The summed E-state index contributed by atoms with van der Waals surface area (Å²) in [5.41, 5.74) is 2.72. The van der Waals surface area contributed by atoms with Crippen molar-refractivity contribution < 1.29 is 32.3 Å². The van der Waals surface area contributed by atoms with Gasteiger partial charge in [-0.25, -0.2) is 4.79 Å². The van der Waals surface area contributed by atoms with Crippen LogP contribution in [-0.2, 0) is 16.1 Å². The number of aryl methyl sites for hydroxylation is 1. The second-order valence-corrected chi connectivity index (χ2v) is 6.76. The Morgan fingerprint density at radius 1 is 1.16 bits per heavy atom. The highest BCUT2D eigenvalue weighted by atomic mass is 19.3. The molecular weight excluding hydrogens is 408 g/mol. The van der Waals surface area contributed by atoms with E-state index in [1.807, 2.05) is 24.5 Å². The van der Waals surface area contributed by atoms with Gasteiger partial charge in [0.2, 0.25) is 5.78 Å². The molecule has 0 aliphatic heterocycles. The van der Waals surface area contributed by atoms with Gasteiger partial charge in [-0.15, -0.1) is 0 Å². The fourth-order valence-corrected chi connectivity index (χ4v) is 3.07. The summed E-state index contributed by atoms with van der Waals surface area (Å²) in [6.07, 6.45) is 4.21. The molecule has 2 aromatic heterocycles. The quantitative estimate of drug-likeness (QED) is 0.278. The van der Waals surface area contributed by atoms with E-state index in [0.29, 0.717) is 17.7 Å². The van der Waals surface area contributed by atoms with E-state index in [-0.39, 0.29) is 11.5 Å². The van der Waals surface area contributed by atoms with Crippen LogP contribution in [0.3, 0.4) is 0 Å². The number of hydrogen-bond acceptors (Lipinski definition) is 5. The molecular formula is C23H21F2NO5. The number of aromatic nitrogens is 1. The second-order valence-electron chi connectivity index (χ2n) is 6.76. The van der Waals surface area contributed by atoms with Crippen molar-refractivity contribution in [2.45, 2.75) is 27.0 Å². The Morgan fingerprint density at radius 2 is 1.90 bits per heavy atom. The van der Waals surface area contributed by atoms with Gasteiger partial charge in [-0.05, 0) is 55.8 Å². The van der Waals surface area contributed by atoms with Gasteiger partial charge in [0.05, 0.1) is 12.8 Å². The number of carbonyl (C=O) groups is 2. The summed E-state index contributed by atoms with van der Waals surface area (Å²) in [5, 5.41) is 0. The van der Waals surface area contributed by atoms with Crippen LogP contribution in [0.4, 0.5) is 8.78 Å². The number of hydrogen-bond donors (Lipinski definition) is 0. The van der Waals surface area contributed by atoms with Crippen molar-refractivity contribution in [2.24, 2.45) is 0 Å². The monoisotopic (exact) mass is 429 g/mol. The van der Waals surface area contributed by atoms with E-state index >= 15 is 0 Å². The predicted octanol–water partition coefficient (Wildman–Crippen LogP) is 4.79. The van der Waals surface area contributed by atoms with Crippen LogP contribution in [-0.4, -0.2) is 29.5 Å². The molecule has 31 heavy (non-hydrogen) atoms. The van der Waals surface area contributed by atoms with E-state index in [0.717, 1.165) is 23.2 Å². The molecule has 0 aliphatic carbocycles. The molecule has 0 aliphatic rings. The summed E-state index contributed by atoms with van der Waals surface area (Å²) < 4.78 is 40.9. The fourth-order valence-electron chi connectivity index (χ4n) is 3.07. The van der Waals surface area contributed by atoms with Gasteiger partial charge in [-0.3, -0.25) is 4.79 Å². The Bertz CT molecular complexity index is 1070. The topological polar surface area (TPSA) is 70.7 Å². The van der Waals surface area contributed by atoms with Gasteiger partial charge >= 0.3 is 12.6 Å². The number of benzene rings is 1. The average Bonchev–Trinajstić information content (AvgIpc) is 3.35. The van der Waals surface area contributed by atoms with Crippen LogP contribution in [0.5, 0.6) is 5.75 Å². The van der Waals surface area contributed by atoms with Crippen molar-refractivity contribution in [3.63, 3.8) is 0 Å². The standard InChI is InChI=1S/C23H21F2NO5/c1-15-12-20(16(2)26(15)13-19-4-3-11-29-19)21(27)14-30-22(28)10-7-17-5-8-18(9-6-17)31-23(24)25/h3-12,23H,13-14H2,1-2H3/b10-7+. The van der Waals surface area contributed by atoms with Crippen LogP contribution >= 0.6 is 0 Å². The van der Waals surface area contributed by atoms with E-state index in [1.165, 1.54) is 30.3 Å². The molecule has 2 heterocycles. The SMILES string of the molecule is Cc1cc(C(=O)COC(=O)/C=C/c2ccc(OC(F)F)cc2)c(C)n1Cc1ccco1. The number of nitrogens with zero attached hydrogens (tertiary/aromatic N) is 1. The molecule has 0 radical (unpaired) electrons. The molecule has 1 aromatic carbocycles. The molecule has 162 valence electrons. The average molecular weight is 429 g/mol. The van der Waals surface area contributed by atoms with E-state index in [1.54, 1.807) is 18.4 Å². The van der Waals surface area contributed by atoms with Gasteiger partial charge < -0.3 is 18.5 Å².